The molecule has 0 aliphatic heterocycles. The number of ether oxygens (including phenoxy) is 1. The molecular formula is C27H17F6NO2. The topological polar surface area (TPSA) is 52.3 Å². The normalized spacial score (nSPS) is 11.9. The quantitative estimate of drug-likeness (QED) is 0.105. The van der Waals surface area contributed by atoms with E-state index in [2.05, 4.69) is 0 Å². The van der Waals surface area contributed by atoms with Crippen molar-refractivity contribution in [2.75, 3.05) is 5.73 Å². The van der Waals surface area contributed by atoms with Gasteiger partial charge in [-0.2, -0.15) is 0 Å². The lowest BCUT2D eigenvalue weighted by atomic mass is 9.97. The van der Waals surface area contributed by atoms with E-state index in [0.29, 0.717) is 0 Å². The molecule has 9 heteroatoms. The van der Waals surface area contributed by atoms with Crippen molar-refractivity contribution < 1.29 is 35.9 Å². The Hall–Kier alpha value is -4.27. The molecule has 0 heterocycles. The molecule has 3 nitrogen and oxygen atoms in total. The number of nitrogen functional groups attached to an aromatic ring is 1. The molecule has 0 aliphatic carbocycles. The largest absolute Gasteiger partial charge is 0.449 e. The third-order valence-corrected chi connectivity index (χ3v) is 5.60. The molecular weight excluding hydrogens is 484 g/mol. The maximum Gasteiger partial charge on any atom is 0.342 e. The summed E-state index contributed by atoms with van der Waals surface area (Å²) in [5.74, 6) is -10.2. The molecule has 36 heavy (non-hydrogen) atoms. The molecule has 0 fully saturated rings. The zero-order chi connectivity index (χ0) is 26.1. The van der Waals surface area contributed by atoms with Crippen LogP contribution < -0.4 is 5.73 Å². The summed E-state index contributed by atoms with van der Waals surface area (Å²) < 4.78 is 92.0. The van der Waals surface area contributed by atoms with Gasteiger partial charge in [-0.15, -0.1) is 0 Å². The first kappa shape index (κ1) is 24.8. The summed E-state index contributed by atoms with van der Waals surface area (Å²) >= 11 is 0. The summed E-state index contributed by atoms with van der Waals surface area (Å²) in [6.07, 6.45) is -1.87. The number of carbonyl (C=O) groups is 1. The molecule has 0 aromatic heterocycles. The second kappa shape index (κ2) is 9.77. The highest BCUT2D eigenvalue weighted by molar-refractivity contribution is 5.91. The zero-order valence-electron chi connectivity index (χ0n) is 18.6. The molecule has 1 unspecified atom stereocenters. The average molecular weight is 501 g/mol. The van der Waals surface area contributed by atoms with Crippen molar-refractivity contribution >= 4 is 11.7 Å². The molecule has 1 atom stereocenters. The Labute approximate surface area is 201 Å². The molecule has 0 radical (unpaired) electrons. The summed E-state index contributed by atoms with van der Waals surface area (Å²) in [6.45, 7) is 0.898. The first-order chi connectivity index (χ1) is 17.1. The highest BCUT2D eigenvalue weighted by atomic mass is 19.2. The molecule has 0 spiro atoms. The monoisotopic (exact) mass is 501 g/mol. The highest BCUT2D eigenvalue weighted by Gasteiger charge is 2.32. The van der Waals surface area contributed by atoms with Crippen molar-refractivity contribution in [2.24, 2.45) is 0 Å². The van der Waals surface area contributed by atoms with Crippen LogP contribution in [0.5, 0.6) is 0 Å². The van der Waals surface area contributed by atoms with Crippen LogP contribution in [0.15, 0.2) is 66.7 Å². The fourth-order valence-electron chi connectivity index (χ4n) is 3.71. The van der Waals surface area contributed by atoms with Gasteiger partial charge >= 0.3 is 5.97 Å². The molecule has 0 saturated carbocycles. The van der Waals surface area contributed by atoms with E-state index >= 15 is 0 Å². The van der Waals surface area contributed by atoms with E-state index in [1.54, 1.807) is 6.07 Å². The minimum Gasteiger partial charge on any atom is -0.449 e. The summed E-state index contributed by atoms with van der Waals surface area (Å²) in [4.78, 5) is 12.9. The number of halogens is 6. The van der Waals surface area contributed by atoms with Crippen molar-refractivity contribution in [3.63, 3.8) is 0 Å². The van der Waals surface area contributed by atoms with Gasteiger partial charge in [-0.3, -0.25) is 0 Å². The Kier molecular flexibility index (Phi) is 6.74. The Morgan fingerprint density at radius 2 is 1.47 bits per heavy atom. The van der Waals surface area contributed by atoms with Gasteiger partial charge in [0.25, 0.3) is 0 Å². The number of anilines is 1. The van der Waals surface area contributed by atoms with Gasteiger partial charge in [-0.25, -0.2) is 31.1 Å². The van der Waals surface area contributed by atoms with E-state index in [-0.39, 0.29) is 22.4 Å². The smallest absolute Gasteiger partial charge is 0.342 e. The van der Waals surface area contributed by atoms with Gasteiger partial charge < -0.3 is 10.5 Å². The summed E-state index contributed by atoms with van der Waals surface area (Å²) in [7, 11) is 0. The van der Waals surface area contributed by atoms with Gasteiger partial charge in [0.05, 0.1) is 11.1 Å². The van der Waals surface area contributed by atoms with Crippen molar-refractivity contribution in [3.8, 4) is 11.1 Å². The molecule has 2 N–H and O–H groups in total. The van der Waals surface area contributed by atoms with Gasteiger partial charge in [-0.05, 0) is 48.4 Å². The number of hydrogen-bond acceptors (Lipinski definition) is 3. The van der Waals surface area contributed by atoms with Crippen molar-refractivity contribution in [1.29, 1.82) is 0 Å². The van der Waals surface area contributed by atoms with Crippen LogP contribution in [0, 0.1) is 41.8 Å². The standard InChI is InChI=1S/C27H17F6NO2/c1-13-22(30)21(24(32)25(33)23(13)31)26(14-5-3-2-4-6-14)36-27(35)18-9-7-15(11-19(18)28)17-10-8-16(34)12-20(17)29/h2-12,26H,34H2,1H3. The SMILES string of the molecule is Cc1c(F)c(F)c(F)c(C(OC(=O)c2ccc(-c3ccc(N)cc3F)cc2F)c2ccccc2)c1F. The molecule has 184 valence electrons. The van der Waals surface area contributed by atoms with Gasteiger partial charge in [-0.1, -0.05) is 36.4 Å². The fourth-order valence-corrected chi connectivity index (χ4v) is 3.71. The fraction of sp³-hybridized carbons (Fsp3) is 0.0741. The minimum atomic E-state index is -1.94. The number of carbonyl (C=O) groups excluding carboxylic acids is 1. The maximum absolute atomic E-state index is 14.9. The number of nitrogens with two attached hydrogens (primary N) is 1. The predicted molar refractivity (Wildman–Crippen MR) is 121 cm³/mol. The molecule has 4 aromatic carbocycles. The molecule has 0 saturated heterocycles. The molecule has 0 aliphatic rings. The Balaban J connectivity index is 1.75. The van der Waals surface area contributed by atoms with Crippen LogP contribution in [0.3, 0.4) is 0 Å². The van der Waals surface area contributed by atoms with Crippen LogP contribution >= 0.6 is 0 Å². The lowest BCUT2D eigenvalue weighted by Gasteiger charge is -2.21. The van der Waals surface area contributed by atoms with E-state index in [4.69, 9.17) is 10.5 Å². The molecule has 4 aromatic rings. The van der Waals surface area contributed by atoms with E-state index < -0.39 is 63.7 Å². The maximum atomic E-state index is 14.9. The van der Waals surface area contributed by atoms with Crippen LogP contribution in [0.4, 0.5) is 32.0 Å². The zero-order valence-corrected chi connectivity index (χ0v) is 18.6. The lowest BCUT2D eigenvalue weighted by Crippen LogP contribution is -2.19. The van der Waals surface area contributed by atoms with Crippen molar-refractivity contribution in [3.05, 3.63) is 124 Å². The van der Waals surface area contributed by atoms with Gasteiger partial charge in [0.15, 0.2) is 23.6 Å². The van der Waals surface area contributed by atoms with Crippen LogP contribution in [0.25, 0.3) is 11.1 Å². The third kappa shape index (κ3) is 4.51. The number of hydrogen-bond donors (Lipinski definition) is 1. The number of esters is 1. The summed E-state index contributed by atoms with van der Waals surface area (Å²) in [5, 5.41) is 0. The van der Waals surface area contributed by atoms with Crippen molar-refractivity contribution in [2.45, 2.75) is 13.0 Å². The van der Waals surface area contributed by atoms with E-state index in [0.717, 1.165) is 25.1 Å². The van der Waals surface area contributed by atoms with Crippen LogP contribution in [0.2, 0.25) is 0 Å². The summed E-state index contributed by atoms with van der Waals surface area (Å²) in [5.41, 5.74) is 3.32. The highest BCUT2D eigenvalue weighted by Crippen LogP contribution is 2.35. The molecule has 0 bridgehead atoms. The van der Waals surface area contributed by atoms with Crippen LogP contribution in [-0.4, -0.2) is 5.97 Å². The van der Waals surface area contributed by atoms with E-state index in [1.807, 2.05) is 0 Å². The van der Waals surface area contributed by atoms with Gasteiger partial charge in [0.1, 0.15) is 17.5 Å². The predicted octanol–water partition coefficient (Wildman–Crippen LogP) is 7.03. The second-order valence-electron chi connectivity index (χ2n) is 7.92. The second-order valence-corrected chi connectivity index (χ2v) is 7.92. The van der Waals surface area contributed by atoms with E-state index in [1.165, 1.54) is 42.5 Å². The lowest BCUT2D eigenvalue weighted by molar-refractivity contribution is 0.0358. The Morgan fingerprint density at radius 3 is 2.11 bits per heavy atom. The van der Waals surface area contributed by atoms with E-state index in [9.17, 15) is 31.1 Å². The van der Waals surface area contributed by atoms with Crippen LogP contribution in [-0.2, 0) is 4.74 Å². The average Bonchev–Trinajstić information content (AvgIpc) is 2.86. The molecule has 4 rings (SSSR count). The minimum absolute atomic E-state index is 0.0200. The molecule has 0 amide bonds. The third-order valence-electron chi connectivity index (χ3n) is 5.60. The Morgan fingerprint density at radius 1 is 0.778 bits per heavy atom. The van der Waals surface area contributed by atoms with Crippen molar-refractivity contribution in [1.82, 2.24) is 0 Å². The van der Waals surface area contributed by atoms with Gasteiger partial charge in [0, 0.05) is 16.8 Å². The summed E-state index contributed by atoms with van der Waals surface area (Å²) in [6, 6.07) is 14.1. The Bertz CT molecular complexity index is 1440. The first-order valence-corrected chi connectivity index (χ1v) is 10.5. The first-order valence-electron chi connectivity index (χ1n) is 10.5. The van der Waals surface area contributed by atoms with Gasteiger partial charge in [0.2, 0.25) is 0 Å². The number of rotatable bonds is 5. The van der Waals surface area contributed by atoms with Crippen LogP contribution in [0.1, 0.15) is 33.2 Å². The number of benzene rings is 4.